The number of rotatable bonds is 6. The Hall–Kier alpha value is -2.95. The normalized spacial score (nSPS) is 10.1. The Bertz CT molecular complexity index is 734. The summed E-state index contributed by atoms with van der Waals surface area (Å²) in [5, 5.41) is 5.44. The minimum Gasteiger partial charge on any atom is -0.326 e. The van der Waals surface area contributed by atoms with Gasteiger partial charge in [0.15, 0.2) is 0 Å². The topological polar surface area (TPSA) is 75.3 Å². The maximum absolute atomic E-state index is 12.2. The Labute approximate surface area is 141 Å². The van der Waals surface area contributed by atoms with Crippen molar-refractivity contribution in [3.05, 3.63) is 59.7 Å². The van der Waals surface area contributed by atoms with Crippen LogP contribution in [0.3, 0.4) is 0 Å². The van der Waals surface area contributed by atoms with Crippen LogP contribution in [0.15, 0.2) is 48.5 Å². The van der Waals surface area contributed by atoms with Crippen molar-refractivity contribution in [2.75, 3.05) is 10.6 Å². The lowest BCUT2D eigenvalue weighted by Crippen LogP contribution is -2.15. The molecule has 2 amide bonds. The number of benzene rings is 2. The first-order chi connectivity index (χ1) is 11.5. The Balaban J connectivity index is 1.97. The molecule has 0 saturated heterocycles. The highest BCUT2D eigenvalue weighted by atomic mass is 16.2. The van der Waals surface area contributed by atoms with Crippen LogP contribution in [0.5, 0.6) is 0 Å². The molecular formula is C19H20N2O3. The lowest BCUT2D eigenvalue weighted by atomic mass is 10.1. The van der Waals surface area contributed by atoms with Crippen molar-refractivity contribution in [1.29, 1.82) is 0 Å². The molecule has 5 heteroatoms. The van der Waals surface area contributed by atoms with Gasteiger partial charge < -0.3 is 10.6 Å². The van der Waals surface area contributed by atoms with Gasteiger partial charge in [-0.1, -0.05) is 19.1 Å². The first-order valence-electron chi connectivity index (χ1n) is 7.77. The van der Waals surface area contributed by atoms with E-state index in [4.69, 9.17) is 0 Å². The van der Waals surface area contributed by atoms with Crippen LogP contribution in [0.1, 0.15) is 36.2 Å². The maximum atomic E-state index is 12.2. The smallest absolute Gasteiger partial charge is 0.255 e. The van der Waals surface area contributed by atoms with Crippen molar-refractivity contribution in [3.8, 4) is 0 Å². The van der Waals surface area contributed by atoms with E-state index in [2.05, 4.69) is 17.6 Å². The molecule has 0 radical (unpaired) electrons. The van der Waals surface area contributed by atoms with Crippen LogP contribution >= 0.6 is 0 Å². The molecule has 124 valence electrons. The second-order valence-corrected chi connectivity index (χ2v) is 5.51. The number of carbonyl (C=O) groups is 3. The number of anilines is 2. The molecule has 2 aromatic carbocycles. The zero-order valence-corrected chi connectivity index (χ0v) is 13.8. The molecular weight excluding hydrogens is 304 g/mol. The molecule has 0 saturated carbocycles. The number of ketones is 1. The average Bonchev–Trinajstić information content (AvgIpc) is 2.55. The van der Waals surface area contributed by atoms with E-state index in [1.165, 1.54) is 12.5 Å². The van der Waals surface area contributed by atoms with Gasteiger partial charge in [-0.25, -0.2) is 0 Å². The van der Waals surface area contributed by atoms with Crippen LogP contribution in [0, 0.1) is 0 Å². The molecule has 5 nitrogen and oxygen atoms in total. The third-order valence-electron chi connectivity index (χ3n) is 3.46. The van der Waals surface area contributed by atoms with Gasteiger partial charge in [0.2, 0.25) is 5.91 Å². The van der Waals surface area contributed by atoms with Crippen molar-refractivity contribution in [2.24, 2.45) is 0 Å². The molecule has 0 atom stereocenters. The van der Waals surface area contributed by atoms with Crippen LogP contribution < -0.4 is 10.6 Å². The Morgan fingerprint density at radius 2 is 1.38 bits per heavy atom. The monoisotopic (exact) mass is 324 g/mol. The van der Waals surface area contributed by atoms with Gasteiger partial charge in [0.1, 0.15) is 5.78 Å². The quantitative estimate of drug-likeness (QED) is 0.800. The summed E-state index contributed by atoms with van der Waals surface area (Å²) in [5.74, 6) is -0.783. The van der Waals surface area contributed by atoms with Crippen LogP contribution in [0.2, 0.25) is 0 Å². The van der Waals surface area contributed by atoms with Gasteiger partial charge in [0.05, 0.1) is 6.42 Å². The third kappa shape index (κ3) is 5.05. The van der Waals surface area contributed by atoms with E-state index in [0.717, 1.165) is 12.1 Å². The fraction of sp³-hybridized carbons (Fsp3) is 0.211. The maximum Gasteiger partial charge on any atom is 0.255 e. The van der Waals surface area contributed by atoms with Crippen molar-refractivity contribution < 1.29 is 14.4 Å². The van der Waals surface area contributed by atoms with Gasteiger partial charge in [-0.05, 0) is 55.3 Å². The van der Waals surface area contributed by atoms with Gasteiger partial charge in [0, 0.05) is 16.9 Å². The van der Waals surface area contributed by atoms with Gasteiger partial charge in [0.25, 0.3) is 5.91 Å². The molecule has 0 aliphatic rings. The molecule has 0 aliphatic heterocycles. The minimum absolute atomic E-state index is 0.157. The lowest BCUT2D eigenvalue weighted by molar-refractivity contribution is -0.124. The number of Topliss-reactive ketones (excluding diaryl/α,β-unsaturated/α-hetero) is 1. The van der Waals surface area contributed by atoms with Crippen molar-refractivity contribution >= 4 is 29.0 Å². The zero-order valence-electron chi connectivity index (χ0n) is 13.8. The van der Waals surface area contributed by atoms with E-state index < -0.39 is 0 Å². The molecule has 0 aromatic heterocycles. The summed E-state index contributed by atoms with van der Waals surface area (Å²) in [6, 6.07) is 14.2. The van der Waals surface area contributed by atoms with E-state index in [9.17, 15) is 14.4 Å². The van der Waals surface area contributed by atoms with E-state index in [-0.39, 0.29) is 24.0 Å². The van der Waals surface area contributed by atoms with Crippen LogP contribution in [0.4, 0.5) is 11.4 Å². The summed E-state index contributed by atoms with van der Waals surface area (Å²) in [5.41, 5.74) is 2.97. The Morgan fingerprint density at radius 3 is 1.92 bits per heavy atom. The minimum atomic E-state index is -0.365. The molecule has 0 aliphatic carbocycles. The van der Waals surface area contributed by atoms with Gasteiger partial charge in [-0.3, -0.25) is 14.4 Å². The Morgan fingerprint density at radius 1 is 0.833 bits per heavy atom. The Kier molecular flexibility index (Phi) is 5.84. The fourth-order valence-corrected chi connectivity index (χ4v) is 2.16. The molecule has 0 spiro atoms. The van der Waals surface area contributed by atoms with Crippen LogP contribution in [-0.4, -0.2) is 17.6 Å². The predicted molar refractivity (Wildman–Crippen MR) is 94.1 cm³/mol. The second kappa shape index (κ2) is 8.06. The first kappa shape index (κ1) is 17.4. The molecule has 0 bridgehead atoms. The molecule has 24 heavy (non-hydrogen) atoms. The molecule has 2 rings (SSSR count). The number of amides is 2. The highest BCUT2D eigenvalue weighted by molar-refractivity contribution is 6.05. The van der Waals surface area contributed by atoms with Gasteiger partial charge >= 0.3 is 0 Å². The van der Waals surface area contributed by atoms with Gasteiger partial charge in [-0.2, -0.15) is 0 Å². The number of nitrogens with one attached hydrogen (secondary N) is 2. The standard InChI is InChI=1S/C19H20N2O3/c1-3-14-4-8-17(9-5-14)21-19(24)15-6-10-16(11-7-15)20-18(23)12-13(2)22/h4-11H,3,12H2,1-2H3,(H,20,23)(H,21,24). The van der Waals surface area contributed by atoms with Crippen molar-refractivity contribution in [2.45, 2.75) is 26.7 Å². The second-order valence-electron chi connectivity index (χ2n) is 5.51. The number of aryl methyl sites for hydroxylation is 1. The number of carbonyl (C=O) groups excluding carboxylic acids is 3. The average molecular weight is 324 g/mol. The molecule has 2 N–H and O–H groups in total. The summed E-state index contributed by atoms with van der Waals surface area (Å²) < 4.78 is 0. The van der Waals surface area contributed by atoms with E-state index in [1.807, 2.05) is 24.3 Å². The summed E-state index contributed by atoms with van der Waals surface area (Å²) >= 11 is 0. The summed E-state index contributed by atoms with van der Waals surface area (Å²) in [6.07, 6.45) is 0.793. The number of hydrogen-bond acceptors (Lipinski definition) is 3. The van der Waals surface area contributed by atoms with E-state index in [1.54, 1.807) is 24.3 Å². The van der Waals surface area contributed by atoms with E-state index >= 15 is 0 Å². The molecule has 2 aromatic rings. The fourth-order valence-electron chi connectivity index (χ4n) is 2.16. The zero-order chi connectivity index (χ0) is 17.5. The highest BCUT2D eigenvalue weighted by Crippen LogP contribution is 2.14. The van der Waals surface area contributed by atoms with Crippen LogP contribution in [0.25, 0.3) is 0 Å². The van der Waals surface area contributed by atoms with Crippen LogP contribution in [-0.2, 0) is 16.0 Å². The number of hydrogen-bond donors (Lipinski definition) is 2. The lowest BCUT2D eigenvalue weighted by Gasteiger charge is -2.08. The third-order valence-corrected chi connectivity index (χ3v) is 3.46. The van der Waals surface area contributed by atoms with Crippen molar-refractivity contribution in [1.82, 2.24) is 0 Å². The summed E-state index contributed by atoms with van der Waals surface area (Å²) in [4.78, 5) is 34.6. The molecule has 0 unspecified atom stereocenters. The predicted octanol–water partition coefficient (Wildman–Crippen LogP) is 3.42. The summed E-state index contributed by atoms with van der Waals surface area (Å²) in [7, 11) is 0. The molecule has 0 fully saturated rings. The first-order valence-corrected chi connectivity index (χ1v) is 7.77. The highest BCUT2D eigenvalue weighted by Gasteiger charge is 2.08. The van der Waals surface area contributed by atoms with E-state index in [0.29, 0.717) is 11.3 Å². The van der Waals surface area contributed by atoms with Gasteiger partial charge in [-0.15, -0.1) is 0 Å². The van der Waals surface area contributed by atoms with Crippen molar-refractivity contribution in [3.63, 3.8) is 0 Å². The summed E-state index contributed by atoms with van der Waals surface area (Å²) in [6.45, 7) is 3.43. The largest absolute Gasteiger partial charge is 0.326 e. The SMILES string of the molecule is CCc1ccc(NC(=O)c2ccc(NC(=O)CC(C)=O)cc2)cc1. The molecule has 0 heterocycles.